The molecular formula is C14H22N2O5S2. The first-order chi connectivity index (χ1) is 10.5. The van der Waals surface area contributed by atoms with Crippen LogP contribution in [0.2, 0.25) is 0 Å². The fraction of sp³-hybridized carbons (Fsp3) is 0.571. The lowest BCUT2D eigenvalue weighted by Gasteiger charge is -2.34. The van der Waals surface area contributed by atoms with Crippen molar-refractivity contribution in [1.82, 2.24) is 8.61 Å². The summed E-state index contributed by atoms with van der Waals surface area (Å²) in [5.74, 6) is 0. The summed E-state index contributed by atoms with van der Waals surface area (Å²) >= 11 is 0. The van der Waals surface area contributed by atoms with Gasteiger partial charge in [-0.05, 0) is 38.1 Å². The van der Waals surface area contributed by atoms with Gasteiger partial charge in [-0.25, -0.2) is 21.1 Å². The van der Waals surface area contributed by atoms with Crippen LogP contribution in [0.5, 0.6) is 0 Å². The van der Waals surface area contributed by atoms with E-state index in [0.29, 0.717) is 0 Å². The summed E-state index contributed by atoms with van der Waals surface area (Å²) in [6.45, 7) is 4.21. The molecule has 2 rings (SSSR count). The molecule has 1 heterocycles. The Morgan fingerprint density at radius 3 is 1.83 bits per heavy atom. The summed E-state index contributed by atoms with van der Waals surface area (Å²) < 4.78 is 57.4. The Kier molecular flexibility index (Phi) is 5.17. The summed E-state index contributed by atoms with van der Waals surface area (Å²) in [7, 11) is -4.39. The van der Waals surface area contributed by atoms with E-state index in [4.69, 9.17) is 4.74 Å². The highest BCUT2D eigenvalue weighted by molar-refractivity contribution is 7.89. The maximum Gasteiger partial charge on any atom is 0.243 e. The summed E-state index contributed by atoms with van der Waals surface area (Å²) in [4.78, 5) is 0.140. The molecule has 2 atom stereocenters. The van der Waals surface area contributed by atoms with Crippen molar-refractivity contribution in [2.24, 2.45) is 0 Å². The van der Waals surface area contributed by atoms with Crippen molar-refractivity contribution in [3.63, 3.8) is 0 Å². The van der Waals surface area contributed by atoms with Gasteiger partial charge in [-0.3, -0.25) is 0 Å². The maximum absolute atomic E-state index is 12.7. The average Bonchev–Trinajstić information content (AvgIpc) is 2.46. The third-order valence-corrected chi connectivity index (χ3v) is 7.30. The zero-order valence-electron chi connectivity index (χ0n) is 13.6. The van der Waals surface area contributed by atoms with Gasteiger partial charge in [0.15, 0.2) is 0 Å². The van der Waals surface area contributed by atoms with Crippen LogP contribution < -0.4 is 0 Å². The standard InChI is InChI=1S/C14H22N2O5S2/c1-11-9-16(10-12(2)21-11)23(19,20)14-7-5-13(6-8-14)22(17,18)15(3)4/h5-8,11-12H,9-10H2,1-4H3/t11-,12-/m1/s1. The zero-order chi connectivity index (χ0) is 17.4. The van der Waals surface area contributed by atoms with E-state index in [9.17, 15) is 16.8 Å². The quantitative estimate of drug-likeness (QED) is 0.789. The zero-order valence-corrected chi connectivity index (χ0v) is 15.3. The van der Waals surface area contributed by atoms with E-state index in [0.717, 1.165) is 4.31 Å². The number of sulfonamides is 2. The van der Waals surface area contributed by atoms with Crippen molar-refractivity contribution in [1.29, 1.82) is 0 Å². The predicted molar refractivity (Wildman–Crippen MR) is 86.1 cm³/mol. The fourth-order valence-corrected chi connectivity index (χ4v) is 4.96. The average molecular weight is 362 g/mol. The molecule has 0 amide bonds. The molecule has 1 fully saturated rings. The van der Waals surface area contributed by atoms with Gasteiger partial charge in [0.2, 0.25) is 20.0 Å². The largest absolute Gasteiger partial charge is 0.373 e. The van der Waals surface area contributed by atoms with Crippen molar-refractivity contribution in [3.8, 4) is 0 Å². The normalized spacial score (nSPS) is 24.0. The Hall–Kier alpha value is -1.00. The number of morpholine rings is 1. The summed E-state index contributed by atoms with van der Waals surface area (Å²) in [6.07, 6.45) is -0.358. The summed E-state index contributed by atoms with van der Waals surface area (Å²) in [6, 6.07) is 5.29. The van der Waals surface area contributed by atoms with E-state index in [1.165, 1.54) is 42.7 Å². The molecule has 1 aromatic rings. The number of ether oxygens (including phenoxy) is 1. The van der Waals surface area contributed by atoms with Crippen LogP contribution in [0.15, 0.2) is 34.1 Å². The smallest absolute Gasteiger partial charge is 0.243 e. The van der Waals surface area contributed by atoms with Crippen LogP contribution in [-0.2, 0) is 24.8 Å². The Balaban J connectivity index is 2.31. The van der Waals surface area contributed by atoms with Gasteiger partial charge < -0.3 is 4.74 Å². The van der Waals surface area contributed by atoms with Gasteiger partial charge in [-0.1, -0.05) is 0 Å². The van der Waals surface area contributed by atoms with Crippen LogP contribution in [0, 0.1) is 0 Å². The maximum atomic E-state index is 12.7. The van der Waals surface area contributed by atoms with E-state index in [-0.39, 0.29) is 35.1 Å². The molecule has 0 aliphatic carbocycles. The van der Waals surface area contributed by atoms with Crippen molar-refractivity contribution in [2.45, 2.75) is 35.8 Å². The Labute approximate surface area is 137 Å². The molecule has 0 spiro atoms. The van der Waals surface area contributed by atoms with E-state index in [1.54, 1.807) is 0 Å². The molecule has 130 valence electrons. The van der Waals surface area contributed by atoms with Crippen molar-refractivity contribution in [2.75, 3.05) is 27.2 Å². The van der Waals surface area contributed by atoms with E-state index < -0.39 is 20.0 Å². The number of hydrogen-bond donors (Lipinski definition) is 0. The van der Waals surface area contributed by atoms with Crippen LogP contribution >= 0.6 is 0 Å². The SMILES string of the molecule is C[C@@H]1CN(S(=O)(=O)c2ccc(S(=O)(=O)N(C)C)cc2)C[C@@H](C)O1. The molecule has 0 aromatic heterocycles. The van der Waals surface area contributed by atoms with Gasteiger partial charge in [0.05, 0.1) is 22.0 Å². The van der Waals surface area contributed by atoms with E-state index in [2.05, 4.69) is 0 Å². The third kappa shape index (κ3) is 3.74. The molecular weight excluding hydrogens is 340 g/mol. The van der Waals surface area contributed by atoms with E-state index >= 15 is 0 Å². The van der Waals surface area contributed by atoms with Crippen LogP contribution in [0.4, 0.5) is 0 Å². The fourth-order valence-electron chi connectivity index (χ4n) is 2.47. The molecule has 0 saturated carbocycles. The number of rotatable bonds is 4. The van der Waals surface area contributed by atoms with Gasteiger partial charge in [0.25, 0.3) is 0 Å². The molecule has 1 aliphatic rings. The highest BCUT2D eigenvalue weighted by Gasteiger charge is 2.32. The van der Waals surface area contributed by atoms with Gasteiger partial charge in [-0.2, -0.15) is 4.31 Å². The van der Waals surface area contributed by atoms with Gasteiger partial charge in [0.1, 0.15) is 0 Å². The van der Waals surface area contributed by atoms with Gasteiger partial charge >= 0.3 is 0 Å². The molecule has 1 aliphatic heterocycles. The highest BCUT2D eigenvalue weighted by Crippen LogP contribution is 2.23. The lowest BCUT2D eigenvalue weighted by atomic mass is 10.3. The van der Waals surface area contributed by atoms with Crippen molar-refractivity contribution < 1.29 is 21.6 Å². The lowest BCUT2D eigenvalue weighted by Crippen LogP contribution is -2.48. The van der Waals surface area contributed by atoms with Gasteiger partial charge in [0, 0.05) is 27.2 Å². The molecule has 0 bridgehead atoms. The van der Waals surface area contributed by atoms with Crippen LogP contribution in [0.3, 0.4) is 0 Å². The second-order valence-electron chi connectivity index (χ2n) is 5.84. The molecule has 0 radical (unpaired) electrons. The Morgan fingerprint density at radius 1 is 0.957 bits per heavy atom. The topological polar surface area (TPSA) is 84.0 Å². The molecule has 0 N–H and O–H groups in total. The predicted octanol–water partition coefficient (Wildman–Crippen LogP) is 0.735. The Morgan fingerprint density at radius 2 is 1.39 bits per heavy atom. The monoisotopic (exact) mass is 362 g/mol. The molecule has 9 heteroatoms. The van der Waals surface area contributed by atoms with Crippen LogP contribution in [0.25, 0.3) is 0 Å². The molecule has 1 saturated heterocycles. The Bertz CT molecular complexity index is 747. The third-order valence-electron chi connectivity index (χ3n) is 3.63. The van der Waals surface area contributed by atoms with Crippen LogP contribution in [-0.4, -0.2) is 64.8 Å². The number of benzene rings is 1. The highest BCUT2D eigenvalue weighted by atomic mass is 32.2. The van der Waals surface area contributed by atoms with Gasteiger partial charge in [-0.15, -0.1) is 0 Å². The molecule has 23 heavy (non-hydrogen) atoms. The van der Waals surface area contributed by atoms with Crippen LogP contribution in [0.1, 0.15) is 13.8 Å². The minimum atomic E-state index is -3.67. The first kappa shape index (κ1) is 18.3. The van der Waals surface area contributed by atoms with Crippen molar-refractivity contribution >= 4 is 20.0 Å². The molecule has 1 aromatic carbocycles. The number of nitrogens with zero attached hydrogens (tertiary/aromatic N) is 2. The van der Waals surface area contributed by atoms with E-state index in [1.807, 2.05) is 13.8 Å². The number of hydrogen-bond acceptors (Lipinski definition) is 5. The second kappa shape index (κ2) is 6.48. The minimum absolute atomic E-state index is 0.0603. The first-order valence-corrected chi connectivity index (χ1v) is 10.1. The minimum Gasteiger partial charge on any atom is -0.373 e. The lowest BCUT2D eigenvalue weighted by molar-refractivity contribution is -0.0440. The summed E-state index contributed by atoms with van der Waals surface area (Å²) in [5, 5.41) is 0. The summed E-state index contributed by atoms with van der Waals surface area (Å²) in [5.41, 5.74) is 0. The second-order valence-corrected chi connectivity index (χ2v) is 9.93. The molecule has 7 nitrogen and oxygen atoms in total. The van der Waals surface area contributed by atoms with Crippen molar-refractivity contribution in [3.05, 3.63) is 24.3 Å². The molecule has 0 unspecified atom stereocenters. The first-order valence-electron chi connectivity index (χ1n) is 7.23.